The molecular weight excluding hydrogens is 840 g/mol. The van der Waals surface area contributed by atoms with Crippen LogP contribution in [-0.2, 0) is 32.7 Å². The minimum Gasteiger partial charge on any atom is -0.462 e. The van der Waals surface area contributed by atoms with E-state index < -0.39 is 51.8 Å². The molecule has 0 aliphatic rings. The van der Waals surface area contributed by atoms with Gasteiger partial charge in [-0.25, -0.2) is 4.57 Å². The van der Waals surface area contributed by atoms with Crippen molar-refractivity contribution in [3.05, 3.63) is 85.1 Å². The smallest absolute Gasteiger partial charge is 0.462 e. The summed E-state index contributed by atoms with van der Waals surface area (Å²) in [5.74, 6) is -1.06. The van der Waals surface area contributed by atoms with E-state index in [0.29, 0.717) is 12.8 Å². The lowest BCUT2D eigenvalue weighted by Crippen LogP contribution is -2.29. The Bertz CT molecular complexity index is 1350. The van der Waals surface area contributed by atoms with Crippen LogP contribution in [-0.4, -0.2) is 65.7 Å². The fraction of sp³-hybridized carbons (Fsp3) is 0.704. The van der Waals surface area contributed by atoms with Gasteiger partial charge in [-0.1, -0.05) is 208 Å². The Morgan fingerprint density at radius 2 is 0.877 bits per heavy atom. The van der Waals surface area contributed by atoms with E-state index in [1.165, 1.54) is 116 Å². The van der Waals surface area contributed by atoms with Crippen LogP contribution in [0.4, 0.5) is 0 Å². The van der Waals surface area contributed by atoms with Crippen LogP contribution in [0.2, 0.25) is 0 Å². The third-order valence-electron chi connectivity index (χ3n) is 10.5. The summed E-state index contributed by atoms with van der Waals surface area (Å²) in [4.78, 5) is 35.1. The summed E-state index contributed by atoms with van der Waals surface area (Å²) in [5, 5.41) is 18.4. The molecule has 11 heteroatoms. The zero-order valence-electron chi connectivity index (χ0n) is 40.9. The number of aliphatic hydroxyl groups excluding tert-OH is 2. The number of hydrogen-bond acceptors (Lipinski definition) is 9. The van der Waals surface area contributed by atoms with Crippen LogP contribution >= 0.6 is 7.82 Å². The maximum Gasteiger partial charge on any atom is 0.472 e. The van der Waals surface area contributed by atoms with Crippen molar-refractivity contribution >= 4 is 19.8 Å². The third kappa shape index (κ3) is 48.9. The van der Waals surface area contributed by atoms with Crippen molar-refractivity contribution in [2.45, 2.75) is 219 Å². The van der Waals surface area contributed by atoms with Gasteiger partial charge in [0.05, 0.1) is 19.8 Å². The molecule has 0 aromatic carbocycles. The molecule has 0 aromatic rings. The summed E-state index contributed by atoms with van der Waals surface area (Å²) in [6, 6.07) is 0. The van der Waals surface area contributed by atoms with E-state index >= 15 is 0 Å². The maximum absolute atomic E-state index is 12.6. The molecule has 374 valence electrons. The van der Waals surface area contributed by atoms with E-state index in [4.69, 9.17) is 23.6 Å². The van der Waals surface area contributed by atoms with Crippen LogP contribution in [0.3, 0.4) is 0 Å². The molecule has 3 atom stereocenters. The van der Waals surface area contributed by atoms with Crippen molar-refractivity contribution in [1.82, 2.24) is 0 Å². The van der Waals surface area contributed by atoms with E-state index in [1.54, 1.807) is 0 Å². The van der Waals surface area contributed by atoms with E-state index in [9.17, 15) is 24.2 Å². The van der Waals surface area contributed by atoms with Crippen molar-refractivity contribution in [2.75, 3.05) is 26.4 Å². The average molecular weight is 933 g/mol. The number of carbonyl (C=O) groups is 2. The van der Waals surface area contributed by atoms with Crippen molar-refractivity contribution in [1.29, 1.82) is 0 Å². The van der Waals surface area contributed by atoms with Gasteiger partial charge >= 0.3 is 19.8 Å². The van der Waals surface area contributed by atoms with Gasteiger partial charge in [0.2, 0.25) is 0 Å². The number of phosphoric ester groups is 1. The van der Waals surface area contributed by atoms with Gasteiger partial charge in [0.15, 0.2) is 6.10 Å². The number of aliphatic hydroxyl groups is 2. The predicted octanol–water partition coefficient (Wildman–Crippen LogP) is 14.6. The minimum absolute atomic E-state index is 0.0500. The lowest BCUT2D eigenvalue weighted by atomic mass is 10.0. The molecule has 0 aliphatic heterocycles. The Labute approximate surface area is 396 Å². The van der Waals surface area contributed by atoms with Gasteiger partial charge in [0, 0.05) is 12.8 Å². The maximum atomic E-state index is 12.6. The summed E-state index contributed by atoms with van der Waals surface area (Å²) in [7, 11) is -4.65. The number of rotatable bonds is 47. The molecule has 0 heterocycles. The molecule has 0 spiro atoms. The molecular formula is C54H93O10P. The number of phosphoric acid groups is 1. The number of carbonyl (C=O) groups excluding carboxylic acids is 2. The van der Waals surface area contributed by atoms with Gasteiger partial charge in [-0.15, -0.1) is 0 Å². The molecule has 10 nitrogen and oxygen atoms in total. The highest BCUT2D eigenvalue weighted by Gasteiger charge is 2.27. The van der Waals surface area contributed by atoms with Gasteiger partial charge in [-0.05, 0) is 70.6 Å². The van der Waals surface area contributed by atoms with Gasteiger partial charge < -0.3 is 24.6 Å². The molecule has 0 saturated carbocycles. The molecule has 0 aliphatic carbocycles. The largest absolute Gasteiger partial charge is 0.472 e. The van der Waals surface area contributed by atoms with Crippen molar-refractivity contribution in [3.8, 4) is 0 Å². The highest BCUT2D eigenvalue weighted by molar-refractivity contribution is 7.47. The second-order valence-electron chi connectivity index (χ2n) is 16.8. The monoisotopic (exact) mass is 933 g/mol. The normalized spacial score (nSPS) is 14.4. The fourth-order valence-corrected chi connectivity index (χ4v) is 7.46. The van der Waals surface area contributed by atoms with Gasteiger partial charge in [0.1, 0.15) is 12.7 Å². The summed E-state index contributed by atoms with van der Waals surface area (Å²) < 4.78 is 32.7. The number of hydrogen-bond donors (Lipinski definition) is 3. The first-order valence-electron chi connectivity index (χ1n) is 25.5. The third-order valence-corrected chi connectivity index (χ3v) is 11.5. The first kappa shape index (κ1) is 62.1. The van der Waals surface area contributed by atoms with E-state index in [1.807, 2.05) is 12.2 Å². The molecule has 65 heavy (non-hydrogen) atoms. The molecule has 0 rings (SSSR count). The zero-order chi connectivity index (χ0) is 47.6. The van der Waals surface area contributed by atoms with Crippen LogP contribution in [0.5, 0.6) is 0 Å². The van der Waals surface area contributed by atoms with E-state index in [2.05, 4.69) is 86.8 Å². The SMILES string of the molecule is CC/C=C/C/C=C/C/C=C/C/C=C/C/C=C/C/C=C/CCC(=O)O[C@H](COC(=O)CCC/C=C/CCCCCCCCCCCCCCCCCCCC)COP(=O)(O)OC[C@@H](O)CO. The molecule has 0 fully saturated rings. The Balaban J connectivity index is 4.30. The zero-order valence-corrected chi connectivity index (χ0v) is 41.8. The van der Waals surface area contributed by atoms with Crippen molar-refractivity contribution in [2.24, 2.45) is 0 Å². The number of unbranched alkanes of at least 4 members (excludes halogenated alkanes) is 19. The van der Waals surface area contributed by atoms with Crippen LogP contribution < -0.4 is 0 Å². The Hall–Kier alpha value is -2.85. The predicted molar refractivity (Wildman–Crippen MR) is 269 cm³/mol. The Morgan fingerprint density at radius 1 is 0.477 bits per heavy atom. The van der Waals surface area contributed by atoms with Gasteiger partial charge in [-0.3, -0.25) is 18.6 Å². The molecule has 0 saturated heterocycles. The van der Waals surface area contributed by atoms with E-state index in [-0.39, 0.29) is 19.4 Å². The second-order valence-corrected chi connectivity index (χ2v) is 18.3. The Kier molecular flexibility index (Phi) is 46.9. The summed E-state index contributed by atoms with van der Waals surface area (Å²) in [6.45, 7) is 2.17. The lowest BCUT2D eigenvalue weighted by Gasteiger charge is -2.20. The first-order chi connectivity index (χ1) is 31.7. The van der Waals surface area contributed by atoms with Crippen LogP contribution in [0.1, 0.15) is 206 Å². The fourth-order valence-electron chi connectivity index (χ4n) is 6.67. The molecule has 1 unspecified atom stereocenters. The van der Waals surface area contributed by atoms with Crippen LogP contribution in [0, 0.1) is 0 Å². The topological polar surface area (TPSA) is 149 Å². The van der Waals surface area contributed by atoms with Gasteiger partial charge in [-0.2, -0.15) is 0 Å². The second kappa shape index (κ2) is 49.1. The molecule has 0 amide bonds. The minimum atomic E-state index is -4.65. The van der Waals surface area contributed by atoms with E-state index in [0.717, 1.165) is 51.4 Å². The number of ether oxygens (including phenoxy) is 2. The highest BCUT2D eigenvalue weighted by atomic mass is 31.2. The van der Waals surface area contributed by atoms with Crippen LogP contribution in [0.15, 0.2) is 85.1 Å². The molecule has 0 bridgehead atoms. The molecule has 0 radical (unpaired) electrons. The van der Waals surface area contributed by atoms with Gasteiger partial charge in [0.25, 0.3) is 0 Å². The van der Waals surface area contributed by atoms with Crippen molar-refractivity contribution in [3.63, 3.8) is 0 Å². The Morgan fingerprint density at radius 3 is 1.34 bits per heavy atom. The number of allylic oxidation sites excluding steroid dienone is 14. The summed E-state index contributed by atoms with van der Waals surface area (Å²) >= 11 is 0. The molecule has 0 aromatic heterocycles. The molecule has 3 N–H and O–H groups in total. The van der Waals surface area contributed by atoms with Crippen LogP contribution in [0.25, 0.3) is 0 Å². The lowest BCUT2D eigenvalue weighted by molar-refractivity contribution is -0.161. The quantitative estimate of drug-likeness (QED) is 0.0233. The standard InChI is InChI=1S/C54H93O10P/c1-3-5-7-9-11-13-15-17-19-21-23-24-25-26-28-29-31-33-35-37-39-41-43-45-53(57)61-49-52(50-63-65(59,60)62-48-51(56)47-55)64-54(58)46-44-42-40-38-36-34-32-30-27-22-20-18-16-14-12-10-8-6-4-2/h6,8,12,14,18,20,27,30,34,36-37,39-40,42,51-52,55-56H,3-5,7,9-11,13,15-17,19,21-26,28-29,31-33,35,38,41,43-50H2,1-2H3,(H,59,60)/b8-6+,14-12+,20-18+,30-27+,36-34+,39-37+,42-40+/t51-,52+/m0/s1. The average Bonchev–Trinajstić information content (AvgIpc) is 3.30. The summed E-state index contributed by atoms with van der Waals surface area (Å²) in [5.41, 5.74) is 0. The number of esters is 2. The first-order valence-corrected chi connectivity index (χ1v) is 27.0. The van der Waals surface area contributed by atoms with Crippen molar-refractivity contribution < 1.29 is 47.8 Å². The summed E-state index contributed by atoms with van der Waals surface area (Å²) in [6.07, 6.45) is 60.1. The highest BCUT2D eigenvalue weighted by Crippen LogP contribution is 2.43.